The third kappa shape index (κ3) is 2.33. The number of hydrogen-bond donors (Lipinski definition) is 1. The molecule has 0 atom stereocenters. The van der Waals surface area contributed by atoms with Gasteiger partial charge >= 0.3 is 0 Å². The first kappa shape index (κ1) is 11.3. The van der Waals surface area contributed by atoms with Crippen molar-refractivity contribution in [2.45, 2.75) is 6.92 Å². The molecule has 2 aromatic heterocycles. The average molecular weight is 300 g/mol. The number of aromatic nitrogens is 2. The maximum atomic E-state index is 11.8. The minimum Gasteiger partial charge on any atom is -0.327 e. The first-order chi connectivity index (χ1) is 7.56. The van der Waals surface area contributed by atoms with Gasteiger partial charge in [0.15, 0.2) is 5.13 Å². The van der Waals surface area contributed by atoms with Gasteiger partial charge in [0.25, 0.3) is 5.56 Å². The summed E-state index contributed by atoms with van der Waals surface area (Å²) >= 11 is 4.87. The van der Waals surface area contributed by atoms with E-state index >= 15 is 0 Å². The molecular formula is C10H10BrN3OS. The van der Waals surface area contributed by atoms with Crippen LogP contribution in [-0.2, 0) is 7.05 Å². The van der Waals surface area contributed by atoms with Gasteiger partial charge in [-0.25, -0.2) is 4.98 Å². The number of anilines is 2. The van der Waals surface area contributed by atoms with E-state index in [1.54, 1.807) is 25.5 Å². The number of nitrogens with zero attached hydrogens (tertiary/aromatic N) is 2. The van der Waals surface area contributed by atoms with Crippen LogP contribution in [0.4, 0.5) is 10.8 Å². The summed E-state index contributed by atoms with van der Waals surface area (Å²) < 4.78 is 2.37. The molecule has 0 aliphatic carbocycles. The maximum Gasteiger partial charge on any atom is 0.274 e. The van der Waals surface area contributed by atoms with Crippen molar-refractivity contribution in [3.05, 3.63) is 38.2 Å². The van der Waals surface area contributed by atoms with Crippen molar-refractivity contribution in [1.29, 1.82) is 0 Å². The van der Waals surface area contributed by atoms with Crippen LogP contribution in [0, 0.1) is 6.92 Å². The Kier molecular flexibility index (Phi) is 3.11. The van der Waals surface area contributed by atoms with Gasteiger partial charge in [-0.2, -0.15) is 0 Å². The number of nitrogens with one attached hydrogen (secondary N) is 1. The van der Waals surface area contributed by atoms with Gasteiger partial charge in [0.05, 0.1) is 0 Å². The third-order valence-electron chi connectivity index (χ3n) is 2.01. The highest BCUT2D eigenvalue weighted by Crippen LogP contribution is 2.21. The smallest absolute Gasteiger partial charge is 0.274 e. The van der Waals surface area contributed by atoms with Crippen molar-refractivity contribution >= 4 is 38.1 Å². The molecule has 0 saturated heterocycles. The predicted octanol–water partition coefficient (Wildman–Crippen LogP) is 2.66. The van der Waals surface area contributed by atoms with Gasteiger partial charge in [-0.05, 0) is 28.9 Å². The van der Waals surface area contributed by atoms with Crippen molar-refractivity contribution in [1.82, 2.24) is 9.55 Å². The number of halogens is 1. The Labute approximate surface area is 105 Å². The molecule has 6 heteroatoms. The molecule has 0 aromatic carbocycles. The van der Waals surface area contributed by atoms with Crippen LogP contribution in [0.25, 0.3) is 0 Å². The van der Waals surface area contributed by atoms with Gasteiger partial charge in [-0.3, -0.25) is 4.79 Å². The zero-order valence-corrected chi connectivity index (χ0v) is 11.2. The molecular weight excluding hydrogens is 290 g/mol. The molecule has 84 valence electrons. The Morgan fingerprint density at radius 2 is 2.31 bits per heavy atom. The lowest BCUT2D eigenvalue weighted by molar-refractivity contribution is 0.858. The first-order valence-electron chi connectivity index (χ1n) is 4.62. The van der Waals surface area contributed by atoms with Crippen LogP contribution in [0.2, 0.25) is 0 Å². The zero-order chi connectivity index (χ0) is 11.7. The molecule has 2 aromatic rings. The summed E-state index contributed by atoms with van der Waals surface area (Å²) in [4.78, 5) is 17.0. The van der Waals surface area contributed by atoms with E-state index in [1.807, 2.05) is 6.92 Å². The molecule has 0 bridgehead atoms. The Bertz CT molecular complexity index is 576. The standard InChI is InChI=1S/C10H10BrN3OS/c1-6-4-12-10(16-6)13-8-3-7(11)5-14(2)9(8)15/h3-5H,1-2H3,(H,12,13). The second kappa shape index (κ2) is 4.39. The second-order valence-corrected chi connectivity index (χ2v) is 5.54. The van der Waals surface area contributed by atoms with E-state index in [2.05, 4.69) is 26.2 Å². The highest BCUT2D eigenvalue weighted by Gasteiger charge is 2.05. The van der Waals surface area contributed by atoms with Crippen molar-refractivity contribution in [3.8, 4) is 0 Å². The first-order valence-corrected chi connectivity index (χ1v) is 6.23. The van der Waals surface area contributed by atoms with E-state index in [0.717, 1.165) is 14.5 Å². The van der Waals surface area contributed by atoms with Crippen molar-refractivity contribution < 1.29 is 0 Å². The molecule has 0 fully saturated rings. The van der Waals surface area contributed by atoms with Gasteiger partial charge < -0.3 is 9.88 Å². The van der Waals surface area contributed by atoms with E-state index in [9.17, 15) is 4.79 Å². The lowest BCUT2D eigenvalue weighted by Crippen LogP contribution is -2.18. The number of aryl methyl sites for hydroxylation is 2. The number of pyridine rings is 1. The summed E-state index contributed by atoms with van der Waals surface area (Å²) in [6.07, 6.45) is 3.50. The quantitative estimate of drug-likeness (QED) is 0.927. The summed E-state index contributed by atoms with van der Waals surface area (Å²) in [6, 6.07) is 1.75. The molecule has 4 nitrogen and oxygen atoms in total. The van der Waals surface area contributed by atoms with Crippen LogP contribution in [-0.4, -0.2) is 9.55 Å². The zero-order valence-electron chi connectivity index (χ0n) is 8.82. The van der Waals surface area contributed by atoms with E-state index in [0.29, 0.717) is 5.69 Å². The van der Waals surface area contributed by atoms with Crippen LogP contribution >= 0.6 is 27.3 Å². The van der Waals surface area contributed by atoms with Crippen molar-refractivity contribution in [2.75, 3.05) is 5.32 Å². The molecule has 0 aliphatic rings. The van der Waals surface area contributed by atoms with Gasteiger partial charge in [-0.15, -0.1) is 11.3 Å². The minimum absolute atomic E-state index is 0.0731. The second-order valence-electron chi connectivity index (χ2n) is 3.39. The van der Waals surface area contributed by atoms with Crippen LogP contribution in [0.1, 0.15) is 4.88 Å². The Hall–Kier alpha value is -1.14. The Morgan fingerprint density at radius 1 is 1.56 bits per heavy atom. The molecule has 0 unspecified atom stereocenters. The topological polar surface area (TPSA) is 46.9 Å². The van der Waals surface area contributed by atoms with Gasteiger partial charge in [0, 0.05) is 28.8 Å². The minimum atomic E-state index is -0.0731. The summed E-state index contributed by atoms with van der Waals surface area (Å²) in [5.41, 5.74) is 0.447. The van der Waals surface area contributed by atoms with Crippen LogP contribution in [0.15, 0.2) is 27.7 Å². The summed E-state index contributed by atoms with van der Waals surface area (Å²) in [5, 5.41) is 3.75. The monoisotopic (exact) mass is 299 g/mol. The van der Waals surface area contributed by atoms with Crippen LogP contribution in [0.3, 0.4) is 0 Å². The average Bonchev–Trinajstić information content (AvgIpc) is 2.60. The van der Waals surface area contributed by atoms with E-state index < -0.39 is 0 Å². The third-order valence-corrected chi connectivity index (χ3v) is 3.27. The molecule has 2 heterocycles. The number of rotatable bonds is 2. The fourth-order valence-corrected chi connectivity index (χ4v) is 2.50. The van der Waals surface area contributed by atoms with Crippen molar-refractivity contribution in [3.63, 3.8) is 0 Å². The van der Waals surface area contributed by atoms with Crippen LogP contribution < -0.4 is 10.9 Å². The van der Waals surface area contributed by atoms with E-state index in [1.165, 1.54) is 15.9 Å². The Balaban J connectivity index is 2.38. The van der Waals surface area contributed by atoms with E-state index in [4.69, 9.17) is 0 Å². The highest BCUT2D eigenvalue weighted by molar-refractivity contribution is 9.10. The summed E-state index contributed by atoms with van der Waals surface area (Å²) in [5.74, 6) is 0. The Morgan fingerprint density at radius 3 is 2.94 bits per heavy atom. The lowest BCUT2D eigenvalue weighted by Gasteiger charge is -2.05. The summed E-state index contributed by atoms with van der Waals surface area (Å²) in [7, 11) is 1.71. The molecule has 16 heavy (non-hydrogen) atoms. The fraction of sp³-hybridized carbons (Fsp3) is 0.200. The molecule has 0 aliphatic heterocycles. The molecule has 0 spiro atoms. The molecule has 1 N–H and O–H groups in total. The predicted molar refractivity (Wildman–Crippen MR) is 69.5 cm³/mol. The maximum absolute atomic E-state index is 11.8. The van der Waals surface area contributed by atoms with Gasteiger partial charge in [0.2, 0.25) is 0 Å². The SMILES string of the molecule is Cc1cnc(Nc2cc(Br)cn(C)c2=O)s1. The fourth-order valence-electron chi connectivity index (χ4n) is 1.29. The van der Waals surface area contributed by atoms with Gasteiger partial charge in [0.1, 0.15) is 5.69 Å². The highest BCUT2D eigenvalue weighted by atomic mass is 79.9. The number of thiazole rings is 1. The molecule has 0 radical (unpaired) electrons. The lowest BCUT2D eigenvalue weighted by atomic mass is 10.4. The normalized spacial score (nSPS) is 10.4. The number of hydrogen-bond acceptors (Lipinski definition) is 4. The molecule has 2 rings (SSSR count). The summed E-state index contributed by atoms with van der Waals surface area (Å²) in [6.45, 7) is 1.97. The molecule has 0 amide bonds. The van der Waals surface area contributed by atoms with Crippen molar-refractivity contribution in [2.24, 2.45) is 7.05 Å². The van der Waals surface area contributed by atoms with Gasteiger partial charge in [-0.1, -0.05) is 0 Å². The van der Waals surface area contributed by atoms with Crippen LogP contribution in [0.5, 0.6) is 0 Å². The molecule has 0 saturated carbocycles. The van der Waals surface area contributed by atoms with E-state index in [-0.39, 0.29) is 5.56 Å². The largest absolute Gasteiger partial charge is 0.327 e.